The molecule has 0 spiro atoms. The summed E-state index contributed by atoms with van der Waals surface area (Å²) in [6.45, 7) is 4.23. The van der Waals surface area contributed by atoms with E-state index in [0.717, 1.165) is 17.0 Å². The molecule has 0 radical (unpaired) electrons. The Morgan fingerprint density at radius 1 is 1.42 bits per heavy atom. The summed E-state index contributed by atoms with van der Waals surface area (Å²) in [5, 5.41) is 2.96. The van der Waals surface area contributed by atoms with Gasteiger partial charge in [-0.05, 0) is 17.5 Å². The van der Waals surface area contributed by atoms with Gasteiger partial charge in [-0.25, -0.2) is 0 Å². The lowest BCUT2D eigenvalue weighted by Crippen LogP contribution is -2.16. The van der Waals surface area contributed by atoms with Crippen molar-refractivity contribution in [3.8, 4) is 0 Å². The number of hydrogen-bond donors (Lipinski definition) is 2. The van der Waals surface area contributed by atoms with Crippen LogP contribution in [0.25, 0.3) is 0 Å². The van der Waals surface area contributed by atoms with E-state index in [1.165, 1.54) is 0 Å². The van der Waals surface area contributed by atoms with Gasteiger partial charge in [0.2, 0.25) is 5.91 Å². The Morgan fingerprint density at radius 2 is 2.11 bits per heavy atom. The van der Waals surface area contributed by atoms with E-state index in [2.05, 4.69) is 19.2 Å². The van der Waals surface area contributed by atoms with E-state index >= 15 is 0 Å². The van der Waals surface area contributed by atoms with E-state index in [1.807, 2.05) is 24.3 Å². The van der Waals surface area contributed by atoms with E-state index in [-0.39, 0.29) is 5.91 Å². The first-order valence-electron chi connectivity index (χ1n) is 6.25. The van der Waals surface area contributed by atoms with Crippen molar-refractivity contribution in [3.05, 3.63) is 29.8 Å². The fraction of sp³-hybridized carbons (Fsp3) is 0.429. The molecule has 1 aromatic carbocycles. The highest BCUT2D eigenvalue weighted by Crippen LogP contribution is 2.23. The van der Waals surface area contributed by atoms with Crippen LogP contribution in [0.5, 0.6) is 0 Å². The van der Waals surface area contributed by atoms with Crippen LogP contribution in [0.3, 0.4) is 0 Å². The second-order valence-corrected chi connectivity index (χ2v) is 6.19. The molecule has 3 nitrogen and oxygen atoms in total. The number of rotatable bonds is 7. The maximum Gasteiger partial charge on any atom is 0.234 e. The van der Waals surface area contributed by atoms with Gasteiger partial charge in [-0.3, -0.25) is 4.79 Å². The summed E-state index contributed by atoms with van der Waals surface area (Å²) >= 11 is 6.33. The van der Waals surface area contributed by atoms with Crippen LogP contribution in [0.4, 0.5) is 5.69 Å². The summed E-state index contributed by atoms with van der Waals surface area (Å²) in [6.07, 6.45) is 0.676. The van der Waals surface area contributed by atoms with Crippen LogP contribution in [0, 0.1) is 0 Å². The molecule has 3 N–H and O–H groups in total. The molecule has 0 saturated heterocycles. The SMILES string of the molecule is CC(C)c1ccccc1NC(=O)CSCCC(N)=S. The Balaban J connectivity index is 2.46. The first-order valence-corrected chi connectivity index (χ1v) is 7.82. The highest BCUT2D eigenvalue weighted by atomic mass is 32.2. The predicted molar refractivity (Wildman–Crippen MR) is 87.9 cm³/mol. The largest absolute Gasteiger partial charge is 0.393 e. The third kappa shape index (κ3) is 6.07. The first kappa shape index (κ1) is 16.0. The number of nitrogens with one attached hydrogen (secondary N) is 1. The molecule has 1 rings (SSSR count). The van der Waals surface area contributed by atoms with E-state index in [9.17, 15) is 4.79 Å². The summed E-state index contributed by atoms with van der Waals surface area (Å²) in [6, 6.07) is 7.90. The first-order chi connectivity index (χ1) is 9.00. The van der Waals surface area contributed by atoms with Crippen LogP contribution in [-0.2, 0) is 4.79 Å². The molecule has 0 aliphatic heterocycles. The maximum absolute atomic E-state index is 11.8. The van der Waals surface area contributed by atoms with Crippen molar-refractivity contribution in [2.24, 2.45) is 5.73 Å². The number of thiocarbonyl (C=S) groups is 1. The van der Waals surface area contributed by atoms with E-state index in [0.29, 0.717) is 23.1 Å². The smallest absolute Gasteiger partial charge is 0.234 e. The fourth-order valence-electron chi connectivity index (χ4n) is 1.64. The molecule has 104 valence electrons. The second kappa shape index (κ2) is 8.17. The highest BCUT2D eigenvalue weighted by Gasteiger charge is 2.08. The van der Waals surface area contributed by atoms with Gasteiger partial charge >= 0.3 is 0 Å². The Bertz CT molecular complexity index is 447. The van der Waals surface area contributed by atoms with Gasteiger partial charge < -0.3 is 11.1 Å². The molecule has 0 heterocycles. The lowest BCUT2D eigenvalue weighted by molar-refractivity contribution is -0.113. The molecule has 0 fully saturated rings. The van der Waals surface area contributed by atoms with Crippen molar-refractivity contribution >= 4 is 40.6 Å². The number of thioether (sulfide) groups is 1. The van der Waals surface area contributed by atoms with Crippen molar-refractivity contribution in [1.29, 1.82) is 0 Å². The number of benzene rings is 1. The Labute approximate surface area is 124 Å². The fourth-order valence-corrected chi connectivity index (χ4v) is 2.64. The summed E-state index contributed by atoms with van der Waals surface area (Å²) in [4.78, 5) is 12.3. The molecule has 0 unspecified atom stereocenters. The van der Waals surface area contributed by atoms with Gasteiger partial charge in [-0.1, -0.05) is 44.3 Å². The predicted octanol–water partition coefficient (Wildman–Crippen LogP) is 3.16. The van der Waals surface area contributed by atoms with E-state index in [4.69, 9.17) is 18.0 Å². The summed E-state index contributed by atoms with van der Waals surface area (Å²) in [7, 11) is 0. The van der Waals surface area contributed by atoms with Gasteiger partial charge in [0.05, 0.1) is 10.7 Å². The average molecular weight is 296 g/mol. The molecule has 0 aliphatic carbocycles. The van der Waals surface area contributed by atoms with Crippen LogP contribution in [0.15, 0.2) is 24.3 Å². The number of nitrogens with two attached hydrogens (primary N) is 1. The molecule has 0 aliphatic rings. The van der Waals surface area contributed by atoms with Gasteiger partial charge in [-0.15, -0.1) is 0 Å². The minimum Gasteiger partial charge on any atom is -0.393 e. The number of anilines is 1. The maximum atomic E-state index is 11.8. The molecule has 0 bridgehead atoms. The summed E-state index contributed by atoms with van der Waals surface area (Å²) in [5.41, 5.74) is 7.46. The van der Waals surface area contributed by atoms with Crippen LogP contribution >= 0.6 is 24.0 Å². The Hall–Kier alpha value is -1.07. The van der Waals surface area contributed by atoms with Gasteiger partial charge in [0, 0.05) is 17.9 Å². The van der Waals surface area contributed by atoms with Crippen molar-refractivity contribution < 1.29 is 4.79 Å². The number of para-hydroxylation sites is 1. The molecule has 0 aromatic heterocycles. The molecular weight excluding hydrogens is 276 g/mol. The molecule has 0 saturated carbocycles. The van der Waals surface area contributed by atoms with Gasteiger partial charge in [0.15, 0.2) is 0 Å². The second-order valence-electron chi connectivity index (χ2n) is 4.56. The highest BCUT2D eigenvalue weighted by molar-refractivity contribution is 8.00. The third-order valence-electron chi connectivity index (χ3n) is 2.58. The van der Waals surface area contributed by atoms with E-state index in [1.54, 1.807) is 11.8 Å². The quantitative estimate of drug-likeness (QED) is 0.599. The van der Waals surface area contributed by atoms with Crippen LogP contribution in [-0.4, -0.2) is 22.4 Å². The summed E-state index contributed by atoms with van der Waals surface area (Å²) < 4.78 is 0. The van der Waals surface area contributed by atoms with Crippen molar-refractivity contribution in [3.63, 3.8) is 0 Å². The third-order valence-corrected chi connectivity index (χ3v) is 3.75. The number of amides is 1. The Morgan fingerprint density at radius 3 is 2.74 bits per heavy atom. The van der Waals surface area contributed by atoms with Gasteiger partial charge in [-0.2, -0.15) is 11.8 Å². The van der Waals surface area contributed by atoms with Crippen molar-refractivity contribution in [2.75, 3.05) is 16.8 Å². The van der Waals surface area contributed by atoms with Gasteiger partial charge in [0.25, 0.3) is 0 Å². The molecule has 0 atom stereocenters. The number of hydrogen-bond acceptors (Lipinski definition) is 3. The lowest BCUT2D eigenvalue weighted by atomic mass is 10.0. The molecule has 5 heteroatoms. The van der Waals surface area contributed by atoms with Crippen molar-refractivity contribution in [2.45, 2.75) is 26.2 Å². The topological polar surface area (TPSA) is 55.1 Å². The average Bonchev–Trinajstić information content (AvgIpc) is 2.35. The zero-order valence-corrected chi connectivity index (χ0v) is 12.9. The monoisotopic (exact) mass is 296 g/mol. The minimum absolute atomic E-state index is 0.0149. The standard InChI is InChI=1S/C14H20N2OS2/c1-10(2)11-5-3-4-6-12(11)16-14(17)9-19-8-7-13(15)18/h3-6,10H,7-9H2,1-2H3,(H2,15,18)(H,16,17). The Kier molecular flexibility index (Phi) is 6.87. The minimum atomic E-state index is 0.0149. The van der Waals surface area contributed by atoms with E-state index < -0.39 is 0 Å². The normalized spacial score (nSPS) is 10.5. The van der Waals surface area contributed by atoms with Crippen LogP contribution in [0.2, 0.25) is 0 Å². The van der Waals surface area contributed by atoms with Crippen LogP contribution in [0.1, 0.15) is 31.7 Å². The van der Waals surface area contributed by atoms with Crippen molar-refractivity contribution in [1.82, 2.24) is 0 Å². The summed E-state index contributed by atoms with van der Waals surface area (Å²) in [5.74, 6) is 1.61. The molecule has 19 heavy (non-hydrogen) atoms. The number of carbonyl (C=O) groups excluding carboxylic acids is 1. The molecule has 1 aromatic rings. The number of carbonyl (C=O) groups is 1. The van der Waals surface area contributed by atoms with Gasteiger partial charge in [0.1, 0.15) is 0 Å². The lowest BCUT2D eigenvalue weighted by Gasteiger charge is -2.13. The van der Waals surface area contributed by atoms with Crippen LogP contribution < -0.4 is 11.1 Å². The zero-order chi connectivity index (χ0) is 14.3. The zero-order valence-electron chi connectivity index (χ0n) is 11.3. The molecular formula is C14H20N2OS2. The molecule has 1 amide bonds.